The van der Waals surface area contributed by atoms with E-state index in [-0.39, 0.29) is 5.76 Å². The molecule has 0 bridgehead atoms. The fraction of sp³-hybridized carbons (Fsp3) is 0.0909. The van der Waals surface area contributed by atoms with Crippen LogP contribution in [-0.4, -0.2) is 10.2 Å². The van der Waals surface area contributed by atoms with Crippen molar-refractivity contribution >= 4 is 10.9 Å². The van der Waals surface area contributed by atoms with Gasteiger partial charge in [-0.3, -0.25) is 0 Å². The van der Waals surface area contributed by atoms with E-state index in [1.165, 1.54) is 6.92 Å². The van der Waals surface area contributed by atoms with Crippen LogP contribution >= 0.6 is 0 Å². The molecular formula is C11H11N2O-. The van der Waals surface area contributed by atoms with Gasteiger partial charge in [-0.1, -0.05) is 25.1 Å². The number of rotatable bonds is 0. The Balaban J connectivity index is 0.000000213. The number of allylic oxidation sites excluding steroid dienone is 1. The first-order chi connectivity index (χ1) is 6.70. The van der Waals surface area contributed by atoms with Crippen LogP contribution in [-0.2, 0) is 0 Å². The molecule has 0 spiro atoms. The molecule has 3 nitrogen and oxygen atoms in total. The molecule has 0 aliphatic heterocycles. The van der Waals surface area contributed by atoms with Crippen LogP contribution in [0.4, 0.5) is 0 Å². The molecule has 0 amide bonds. The Morgan fingerprint density at radius 2 is 1.93 bits per heavy atom. The number of hydrogen-bond donors (Lipinski definition) is 0. The summed E-state index contributed by atoms with van der Waals surface area (Å²) in [6.07, 6.45) is 1.70. The number of fused-ring (bicyclic) bond motifs is 1. The Kier molecular flexibility index (Phi) is 3.61. The zero-order valence-corrected chi connectivity index (χ0v) is 7.97. The molecule has 3 heteroatoms. The van der Waals surface area contributed by atoms with Crippen LogP contribution in [0.5, 0.6) is 0 Å². The van der Waals surface area contributed by atoms with Crippen molar-refractivity contribution in [1.29, 1.82) is 0 Å². The third-order valence-corrected chi connectivity index (χ3v) is 1.42. The lowest BCUT2D eigenvalue weighted by Gasteiger charge is -1.92. The monoisotopic (exact) mass is 187 g/mol. The summed E-state index contributed by atoms with van der Waals surface area (Å²) in [6, 6.07) is 9.86. The lowest BCUT2D eigenvalue weighted by Crippen LogP contribution is -1.92. The normalized spacial score (nSPS) is 8.93. The number of aromatic nitrogens is 2. The Morgan fingerprint density at radius 1 is 1.29 bits per heavy atom. The minimum absolute atomic E-state index is 0.0833. The molecule has 0 saturated carbocycles. The second-order valence-corrected chi connectivity index (χ2v) is 2.79. The second kappa shape index (κ2) is 4.97. The highest BCUT2D eigenvalue weighted by Gasteiger charge is 1.87. The van der Waals surface area contributed by atoms with Crippen LogP contribution in [0.3, 0.4) is 0 Å². The predicted molar refractivity (Wildman–Crippen MR) is 54.4 cm³/mol. The quantitative estimate of drug-likeness (QED) is 0.587. The van der Waals surface area contributed by atoms with Gasteiger partial charge in [0.15, 0.2) is 0 Å². The molecule has 2 aromatic rings. The summed E-state index contributed by atoms with van der Waals surface area (Å²) in [5, 5.41) is 18.2. The maximum Gasteiger partial charge on any atom is 0.0929 e. The fourth-order valence-electron chi connectivity index (χ4n) is 0.929. The average Bonchev–Trinajstić information content (AvgIpc) is 2.17. The maximum absolute atomic E-state index is 9.33. The molecule has 0 atom stereocenters. The largest absolute Gasteiger partial charge is 0.876 e. The number of nitrogens with zero attached hydrogens (tertiary/aromatic N) is 2. The van der Waals surface area contributed by atoms with Crippen molar-refractivity contribution in [3.8, 4) is 0 Å². The van der Waals surface area contributed by atoms with Crippen LogP contribution < -0.4 is 5.11 Å². The molecule has 1 aromatic carbocycles. The predicted octanol–water partition coefficient (Wildman–Crippen LogP) is 1.51. The van der Waals surface area contributed by atoms with E-state index in [1.54, 1.807) is 6.20 Å². The van der Waals surface area contributed by atoms with Crippen molar-refractivity contribution in [3.05, 3.63) is 48.9 Å². The van der Waals surface area contributed by atoms with Crippen LogP contribution in [0.25, 0.3) is 10.9 Å². The SMILES string of the molecule is C=C(C)[O-].c1ccc2nnccc2c1. The van der Waals surface area contributed by atoms with Crippen molar-refractivity contribution in [3.63, 3.8) is 0 Å². The average molecular weight is 187 g/mol. The van der Waals surface area contributed by atoms with Gasteiger partial charge in [0.25, 0.3) is 0 Å². The van der Waals surface area contributed by atoms with Crippen molar-refractivity contribution in [1.82, 2.24) is 10.2 Å². The minimum Gasteiger partial charge on any atom is -0.876 e. The fourth-order valence-corrected chi connectivity index (χ4v) is 0.929. The van der Waals surface area contributed by atoms with E-state index < -0.39 is 0 Å². The summed E-state index contributed by atoms with van der Waals surface area (Å²) in [7, 11) is 0. The first-order valence-corrected chi connectivity index (χ1v) is 4.19. The molecule has 0 aliphatic carbocycles. The van der Waals surface area contributed by atoms with Gasteiger partial charge in [-0.2, -0.15) is 10.2 Å². The molecule has 0 aliphatic rings. The second-order valence-electron chi connectivity index (χ2n) is 2.79. The van der Waals surface area contributed by atoms with E-state index in [0.717, 1.165) is 10.9 Å². The van der Waals surface area contributed by atoms with Gasteiger partial charge in [-0.15, -0.1) is 12.3 Å². The van der Waals surface area contributed by atoms with Gasteiger partial charge < -0.3 is 5.11 Å². The van der Waals surface area contributed by atoms with E-state index in [1.807, 2.05) is 30.3 Å². The van der Waals surface area contributed by atoms with Gasteiger partial charge in [0.1, 0.15) is 0 Å². The molecule has 0 radical (unpaired) electrons. The minimum atomic E-state index is -0.0833. The molecule has 72 valence electrons. The Bertz CT molecular complexity index is 357. The van der Waals surface area contributed by atoms with Crippen LogP contribution in [0.15, 0.2) is 48.9 Å². The van der Waals surface area contributed by atoms with E-state index in [9.17, 15) is 5.11 Å². The smallest absolute Gasteiger partial charge is 0.0929 e. The van der Waals surface area contributed by atoms with Gasteiger partial charge in [0.05, 0.1) is 11.7 Å². The highest BCUT2D eigenvalue weighted by Crippen LogP contribution is 2.06. The van der Waals surface area contributed by atoms with E-state index >= 15 is 0 Å². The number of hydrogen-bond acceptors (Lipinski definition) is 3. The van der Waals surface area contributed by atoms with Crippen LogP contribution in [0.2, 0.25) is 0 Å². The van der Waals surface area contributed by atoms with Crippen molar-refractivity contribution < 1.29 is 5.11 Å². The summed E-state index contributed by atoms with van der Waals surface area (Å²) in [5.41, 5.74) is 0.949. The molecule has 0 N–H and O–H groups in total. The van der Waals surface area contributed by atoms with Crippen LogP contribution in [0.1, 0.15) is 6.92 Å². The molecule has 2 rings (SSSR count). The van der Waals surface area contributed by atoms with Crippen molar-refractivity contribution in [2.24, 2.45) is 0 Å². The standard InChI is InChI=1S/C8H6N2.C3H6O/c1-2-4-8-7(3-1)5-6-9-10-8;1-3(2)4/h1-6H;4H,1H2,2H3/p-1. The zero-order chi connectivity index (χ0) is 10.4. The van der Waals surface area contributed by atoms with Gasteiger partial charge in [-0.05, 0) is 12.1 Å². The summed E-state index contributed by atoms with van der Waals surface area (Å²) < 4.78 is 0. The van der Waals surface area contributed by atoms with E-state index in [2.05, 4.69) is 16.8 Å². The first-order valence-electron chi connectivity index (χ1n) is 4.19. The van der Waals surface area contributed by atoms with Gasteiger partial charge >= 0.3 is 0 Å². The van der Waals surface area contributed by atoms with E-state index in [4.69, 9.17) is 0 Å². The first kappa shape index (κ1) is 10.2. The molecule has 0 saturated heterocycles. The number of benzene rings is 1. The summed E-state index contributed by atoms with van der Waals surface area (Å²) >= 11 is 0. The lowest BCUT2D eigenvalue weighted by atomic mass is 10.2. The van der Waals surface area contributed by atoms with E-state index in [0.29, 0.717) is 0 Å². The van der Waals surface area contributed by atoms with Gasteiger partial charge in [0.2, 0.25) is 0 Å². The lowest BCUT2D eigenvalue weighted by molar-refractivity contribution is -0.300. The molecule has 14 heavy (non-hydrogen) atoms. The van der Waals surface area contributed by atoms with Crippen molar-refractivity contribution in [2.75, 3.05) is 0 Å². The summed E-state index contributed by atoms with van der Waals surface area (Å²) in [4.78, 5) is 0. The zero-order valence-electron chi connectivity index (χ0n) is 7.97. The summed E-state index contributed by atoms with van der Waals surface area (Å²) in [6.45, 7) is 4.42. The van der Waals surface area contributed by atoms with Gasteiger partial charge in [-0.25, -0.2) is 0 Å². The molecule has 0 unspecified atom stereocenters. The van der Waals surface area contributed by atoms with Crippen molar-refractivity contribution in [2.45, 2.75) is 6.92 Å². The van der Waals surface area contributed by atoms with Crippen LogP contribution in [0, 0.1) is 0 Å². The Morgan fingerprint density at radius 3 is 2.57 bits per heavy atom. The third kappa shape index (κ3) is 3.23. The molecule has 0 fully saturated rings. The third-order valence-electron chi connectivity index (χ3n) is 1.42. The molecular weight excluding hydrogens is 176 g/mol. The Hall–Kier alpha value is -1.90. The Labute approximate surface area is 82.7 Å². The highest BCUT2D eigenvalue weighted by atomic mass is 16.3. The topological polar surface area (TPSA) is 48.8 Å². The molecule has 1 aromatic heterocycles. The maximum atomic E-state index is 9.33. The molecule has 1 heterocycles. The van der Waals surface area contributed by atoms with Gasteiger partial charge in [0, 0.05) is 5.39 Å². The summed E-state index contributed by atoms with van der Waals surface area (Å²) in [5.74, 6) is -0.0833. The highest BCUT2D eigenvalue weighted by molar-refractivity contribution is 5.77.